The summed E-state index contributed by atoms with van der Waals surface area (Å²) >= 11 is 0. The molecule has 2 aromatic carbocycles. The van der Waals surface area contributed by atoms with Crippen molar-refractivity contribution in [3.05, 3.63) is 59.7 Å². The van der Waals surface area contributed by atoms with E-state index < -0.39 is 0 Å². The minimum absolute atomic E-state index is 0.272. The van der Waals surface area contributed by atoms with Crippen LogP contribution in [0.4, 0.5) is 0 Å². The van der Waals surface area contributed by atoms with Gasteiger partial charge in [-0.25, -0.2) is 0 Å². The number of quaternary nitrogens is 2. The lowest BCUT2D eigenvalue weighted by Gasteiger charge is -2.47. The standard InChI is InChI=1S/C25H36N2O2/c1-19-18-27(3)20(2)16-25(19,22-9-7-6-8-10-22)13-14-26-17-21-11-12-23(28-4)24(15-21)29-5/h6-12,15,19-20,26H,13-14,16-18H2,1-5H3/p+2/t19-,20+,25-/m1/s1. The second-order valence-corrected chi connectivity index (χ2v) is 8.80. The zero-order valence-electron chi connectivity index (χ0n) is 18.7. The number of hydrogen-bond donors (Lipinski definition) is 2. The van der Waals surface area contributed by atoms with Gasteiger partial charge in [0.15, 0.2) is 11.5 Å². The minimum Gasteiger partial charge on any atom is -0.493 e. The number of rotatable bonds is 8. The lowest BCUT2D eigenvalue weighted by molar-refractivity contribution is -0.915. The molecule has 0 aromatic heterocycles. The molecule has 2 aromatic rings. The largest absolute Gasteiger partial charge is 0.493 e. The van der Waals surface area contributed by atoms with Crippen LogP contribution in [0.5, 0.6) is 11.5 Å². The van der Waals surface area contributed by atoms with Gasteiger partial charge in [-0.1, -0.05) is 37.3 Å². The van der Waals surface area contributed by atoms with E-state index in [1.807, 2.05) is 6.07 Å². The van der Waals surface area contributed by atoms with Gasteiger partial charge in [0.2, 0.25) is 0 Å². The van der Waals surface area contributed by atoms with Crippen molar-refractivity contribution in [3.63, 3.8) is 0 Å². The summed E-state index contributed by atoms with van der Waals surface area (Å²) < 4.78 is 10.8. The molecule has 0 bridgehead atoms. The third-order valence-electron chi connectivity index (χ3n) is 7.05. The van der Waals surface area contributed by atoms with Crippen LogP contribution in [0.15, 0.2) is 48.5 Å². The average molecular weight is 399 g/mol. The Kier molecular flexibility index (Phi) is 7.20. The molecule has 0 spiro atoms. The fraction of sp³-hybridized carbons (Fsp3) is 0.520. The molecule has 1 aliphatic rings. The Labute approximate surface area is 176 Å². The lowest BCUT2D eigenvalue weighted by Crippen LogP contribution is -3.15. The molecule has 4 heteroatoms. The Hall–Kier alpha value is -2.04. The molecule has 1 fully saturated rings. The zero-order chi connectivity index (χ0) is 20.9. The van der Waals surface area contributed by atoms with E-state index in [0.717, 1.165) is 24.6 Å². The number of benzene rings is 2. The molecule has 3 N–H and O–H groups in total. The topological polar surface area (TPSA) is 39.5 Å². The van der Waals surface area contributed by atoms with Crippen LogP contribution < -0.4 is 19.7 Å². The highest BCUT2D eigenvalue weighted by molar-refractivity contribution is 5.42. The Bertz CT molecular complexity index is 780. The summed E-state index contributed by atoms with van der Waals surface area (Å²) in [6.07, 6.45) is 2.47. The van der Waals surface area contributed by atoms with Gasteiger partial charge in [-0.05, 0) is 30.7 Å². The Morgan fingerprint density at radius 2 is 1.76 bits per heavy atom. The maximum atomic E-state index is 5.45. The maximum Gasteiger partial charge on any atom is 0.161 e. The summed E-state index contributed by atoms with van der Waals surface area (Å²) in [5, 5.41) is 2.44. The van der Waals surface area contributed by atoms with Crippen LogP contribution in [0.2, 0.25) is 0 Å². The summed E-state index contributed by atoms with van der Waals surface area (Å²) in [6, 6.07) is 18.1. The molecule has 1 saturated heterocycles. The van der Waals surface area contributed by atoms with Crippen LogP contribution in [0.3, 0.4) is 0 Å². The van der Waals surface area contributed by atoms with Crippen molar-refractivity contribution < 1.29 is 19.7 Å². The number of nitrogens with one attached hydrogen (secondary N) is 1. The minimum atomic E-state index is 0.272. The van der Waals surface area contributed by atoms with Crippen LogP contribution in [-0.2, 0) is 12.0 Å². The van der Waals surface area contributed by atoms with Gasteiger partial charge >= 0.3 is 0 Å². The number of methoxy groups -OCH3 is 2. The van der Waals surface area contributed by atoms with Crippen LogP contribution >= 0.6 is 0 Å². The average Bonchev–Trinajstić information content (AvgIpc) is 2.75. The van der Waals surface area contributed by atoms with Crippen molar-refractivity contribution in [1.29, 1.82) is 0 Å². The molecule has 1 aliphatic heterocycles. The Balaban J connectivity index is 1.69. The van der Waals surface area contributed by atoms with Crippen molar-refractivity contribution in [1.82, 2.24) is 0 Å². The van der Waals surface area contributed by atoms with E-state index in [4.69, 9.17) is 9.47 Å². The highest BCUT2D eigenvalue weighted by atomic mass is 16.5. The molecular weight excluding hydrogens is 360 g/mol. The Morgan fingerprint density at radius 1 is 1.03 bits per heavy atom. The molecule has 1 heterocycles. The predicted octanol–water partition coefficient (Wildman–Crippen LogP) is 2.04. The molecule has 0 saturated carbocycles. The first-order chi connectivity index (χ1) is 14.0. The monoisotopic (exact) mass is 398 g/mol. The van der Waals surface area contributed by atoms with Gasteiger partial charge < -0.3 is 19.7 Å². The third kappa shape index (κ3) is 4.76. The van der Waals surface area contributed by atoms with Crippen LogP contribution in [0.1, 0.15) is 37.8 Å². The first-order valence-corrected chi connectivity index (χ1v) is 10.9. The highest BCUT2D eigenvalue weighted by Crippen LogP contribution is 2.40. The van der Waals surface area contributed by atoms with Gasteiger partial charge in [0.05, 0.1) is 40.4 Å². The van der Waals surface area contributed by atoms with Crippen LogP contribution in [0.25, 0.3) is 0 Å². The fourth-order valence-electron chi connectivity index (χ4n) is 5.10. The van der Waals surface area contributed by atoms with Crippen molar-refractivity contribution in [3.8, 4) is 11.5 Å². The van der Waals surface area contributed by atoms with Crippen molar-refractivity contribution >= 4 is 0 Å². The van der Waals surface area contributed by atoms with E-state index in [2.05, 4.69) is 68.7 Å². The van der Waals surface area contributed by atoms with Gasteiger partial charge in [-0.2, -0.15) is 0 Å². The molecule has 29 heavy (non-hydrogen) atoms. The van der Waals surface area contributed by atoms with Crippen molar-refractivity contribution in [2.75, 3.05) is 34.4 Å². The van der Waals surface area contributed by atoms with E-state index >= 15 is 0 Å². The van der Waals surface area contributed by atoms with E-state index in [1.165, 1.54) is 30.5 Å². The molecule has 4 atom stereocenters. The van der Waals surface area contributed by atoms with Gasteiger partial charge in [0, 0.05) is 29.7 Å². The number of hydrogen-bond acceptors (Lipinski definition) is 2. The summed E-state index contributed by atoms with van der Waals surface area (Å²) in [7, 11) is 5.72. The molecule has 4 nitrogen and oxygen atoms in total. The maximum absolute atomic E-state index is 5.45. The van der Waals surface area contributed by atoms with Gasteiger partial charge in [-0.3, -0.25) is 0 Å². The lowest BCUT2D eigenvalue weighted by atomic mass is 9.63. The molecule has 0 aliphatic carbocycles. The van der Waals surface area contributed by atoms with Crippen molar-refractivity contribution in [2.45, 2.75) is 44.7 Å². The highest BCUT2D eigenvalue weighted by Gasteiger charge is 2.46. The van der Waals surface area contributed by atoms with Gasteiger partial charge in [-0.15, -0.1) is 0 Å². The predicted molar refractivity (Wildman–Crippen MR) is 118 cm³/mol. The summed E-state index contributed by atoms with van der Waals surface area (Å²) in [6.45, 7) is 8.19. The SMILES string of the molecule is COc1ccc(C[NH2+]CC[C@@]2(c3ccccc3)C[C@H](C)[NH+](C)C[C@H]2C)cc1OC. The van der Waals surface area contributed by atoms with E-state index in [-0.39, 0.29) is 5.41 Å². The quantitative estimate of drug-likeness (QED) is 0.668. The molecule has 1 unspecified atom stereocenters. The third-order valence-corrected chi connectivity index (χ3v) is 7.05. The normalized spacial score (nSPS) is 26.9. The van der Waals surface area contributed by atoms with Gasteiger partial charge in [0.25, 0.3) is 0 Å². The molecule has 158 valence electrons. The fourth-order valence-corrected chi connectivity index (χ4v) is 5.10. The molecule has 3 rings (SSSR count). The number of ether oxygens (including phenoxy) is 2. The number of piperidine rings is 1. The number of nitrogens with two attached hydrogens (primary N) is 1. The smallest absolute Gasteiger partial charge is 0.161 e. The summed E-state index contributed by atoms with van der Waals surface area (Å²) in [5.74, 6) is 2.27. The van der Waals surface area contributed by atoms with Crippen LogP contribution in [-0.4, -0.2) is 40.4 Å². The van der Waals surface area contributed by atoms with E-state index in [9.17, 15) is 0 Å². The first-order valence-electron chi connectivity index (χ1n) is 10.9. The molecular formula is C25H38N2O2+2. The summed E-state index contributed by atoms with van der Waals surface area (Å²) in [4.78, 5) is 1.67. The van der Waals surface area contributed by atoms with Gasteiger partial charge in [0.1, 0.15) is 6.54 Å². The molecule has 0 radical (unpaired) electrons. The zero-order valence-corrected chi connectivity index (χ0v) is 18.7. The molecule has 0 amide bonds. The van der Waals surface area contributed by atoms with E-state index in [0.29, 0.717) is 12.0 Å². The van der Waals surface area contributed by atoms with E-state index in [1.54, 1.807) is 19.1 Å². The first kappa shape index (κ1) is 21.7. The second kappa shape index (κ2) is 9.64. The van der Waals surface area contributed by atoms with Crippen molar-refractivity contribution in [2.24, 2.45) is 5.92 Å². The Morgan fingerprint density at radius 3 is 2.45 bits per heavy atom. The number of likely N-dealkylation sites (tertiary alicyclic amines) is 1. The van der Waals surface area contributed by atoms with Crippen LogP contribution in [0, 0.1) is 5.92 Å². The summed E-state index contributed by atoms with van der Waals surface area (Å²) in [5.41, 5.74) is 3.06. The second-order valence-electron chi connectivity index (χ2n) is 8.80.